The molecule has 166 valence electrons. The summed E-state index contributed by atoms with van der Waals surface area (Å²) in [5.74, 6) is 2.94. The summed E-state index contributed by atoms with van der Waals surface area (Å²) in [7, 11) is 1.66. The zero-order valence-electron chi connectivity index (χ0n) is 18.4. The number of hydrogen-bond donors (Lipinski definition) is 0. The average Bonchev–Trinajstić information content (AvgIpc) is 3.59. The molecule has 0 N–H and O–H groups in total. The molecular weight excluding hydrogens is 404 g/mol. The van der Waals surface area contributed by atoms with Crippen LogP contribution >= 0.6 is 0 Å². The number of methoxy groups -OCH3 is 1. The monoisotopic (exact) mass is 432 g/mol. The molecule has 7 heteroatoms. The third kappa shape index (κ3) is 4.61. The number of carbonyl (C=O) groups excluding carboxylic acids is 1. The first-order valence-electron chi connectivity index (χ1n) is 11.3. The maximum Gasteiger partial charge on any atom is 0.230 e. The average molecular weight is 433 g/mol. The van der Waals surface area contributed by atoms with Crippen molar-refractivity contribution < 1.29 is 14.1 Å². The maximum atomic E-state index is 12.7. The number of ether oxygens (including phenoxy) is 1. The van der Waals surface area contributed by atoms with E-state index < -0.39 is 0 Å². The van der Waals surface area contributed by atoms with Crippen LogP contribution in [0.5, 0.6) is 5.75 Å². The predicted molar refractivity (Wildman–Crippen MR) is 122 cm³/mol. The van der Waals surface area contributed by atoms with Gasteiger partial charge in [-0.3, -0.25) is 4.79 Å². The lowest BCUT2D eigenvalue weighted by Gasteiger charge is -2.36. The molecule has 2 heterocycles. The number of aryl methyl sites for hydroxylation is 1. The van der Waals surface area contributed by atoms with Crippen LogP contribution in [0.1, 0.15) is 36.6 Å². The highest BCUT2D eigenvalue weighted by molar-refractivity contribution is 5.77. The number of amides is 1. The molecule has 1 amide bonds. The van der Waals surface area contributed by atoms with Crippen molar-refractivity contribution in [3.63, 3.8) is 0 Å². The second kappa shape index (κ2) is 9.02. The number of nitrogens with zero attached hydrogens (tertiary/aromatic N) is 4. The summed E-state index contributed by atoms with van der Waals surface area (Å²) in [5, 5.41) is 4.12. The van der Waals surface area contributed by atoms with Gasteiger partial charge in [-0.15, -0.1) is 0 Å². The Bertz CT molecular complexity index is 1050. The van der Waals surface area contributed by atoms with Gasteiger partial charge in [0.05, 0.1) is 7.11 Å². The number of rotatable bonds is 7. The summed E-state index contributed by atoms with van der Waals surface area (Å²) < 4.78 is 10.6. The first kappa shape index (κ1) is 20.5. The third-order valence-corrected chi connectivity index (χ3v) is 6.28. The van der Waals surface area contributed by atoms with E-state index >= 15 is 0 Å². The molecule has 2 aromatic carbocycles. The number of carbonyl (C=O) groups is 1. The van der Waals surface area contributed by atoms with Gasteiger partial charge in [-0.25, -0.2) is 0 Å². The Labute approximate surface area is 188 Å². The van der Waals surface area contributed by atoms with Crippen molar-refractivity contribution in [1.29, 1.82) is 0 Å². The molecule has 0 radical (unpaired) electrons. The number of piperazine rings is 1. The summed E-state index contributed by atoms with van der Waals surface area (Å²) in [5.41, 5.74) is 3.28. The predicted octanol–water partition coefficient (Wildman–Crippen LogP) is 3.90. The zero-order chi connectivity index (χ0) is 21.9. The normalized spacial score (nSPS) is 16.3. The molecular formula is C25H28N4O3. The Morgan fingerprint density at radius 1 is 1.03 bits per heavy atom. The van der Waals surface area contributed by atoms with Gasteiger partial charge >= 0.3 is 0 Å². The van der Waals surface area contributed by atoms with Gasteiger partial charge in [0.15, 0.2) is 0 Å². The van der Waals surface area contributed by atoms with E-state index in [1.807, 2.05) is 41.3 Å². The van der Waals surface area contributed by atoms with E-state index in [0.29, 0.717) is 18.2 Å². The number of anilines is 1. The molecule has 3 aromatic rings. The highest BCUT2D eigenvalue weighted by Gasteiger charge is 2.29. The van der Waals surface area contributed by atoms with Crippen LogP contribution in [0.15, 0.2) is 53.1 Å². The number of hydrogen-bond acceptors (Lipinski definition) is 6. The highest BCUT2D eigenvalue weighted by atomic mass is 16.5. The van der Waals surface area contributed by atoms with Gasteiger partial charge in [-0.1, -0.05) is 17.3 Å². The van der Waals surface area contributed by atoms with E-state index in [1.165, 1.54) is 0 Å². The van der Waals surface area contributed by atoms with Crippen molar-refractivity contribution in [2.24, 2.45) is 0 Å². The van der Waals surface area contributed by atoms with Gasteiger partial charge in [-0.2, -0.15) is 4.98 Å². The van der Waals surface area contributed by atoms with Crippen LogP contribution < -0.4 is 9.64 Å². The standard InChI is InChI=1S/C25H28N4O3/c1-31-22-11-2-18(3-12-22)4-13-23(30)29-16-14-28(15-17-29)21-9-7-19(8-10-21)24-26-25(32-27-24)20-5-6-20/h2-3,7-12,20H,4-6,13-17H2,1H3. The first-order chi connectivity index (χ1) is 15.7. The van der Waals surface area contributed by atoms with Gasteiger partial charge in [0.1, 0.15) is 5.75 Å². The third-order valence-electron chi connectivity index (χ3n) is 6.28. The van der Waals surface area contributed by atoms with Crippen molar-refractivity contribution in [3.05, 3.63) is 60.0 Å². The van der Waals surface area contributed by atoms with Crippen LogP contribution in [0.4, 0.5) is 5.69 Å². The smallest absolute Gasteiger partial charge is 0.230 e. The molecule has 1 saturated heterocycles. The fraction of sp³-hybridized carbons (Fsp3) is 0.400. The fourth-order valence-electron chi connectivity index (χ4n) is 4.09. The lowest BCUT2D eigenvalue weighted by Crippen LogP contribution is -2.48. The summed E-state index contributed by atoms with van der Waals surface area (Å²) in [4.78, 5) is 21.5. The zero-order valence-corrected chi connectivity index (χ0v) is 18.4. The lowest BCUT2D eigenvalue weighted by molar-refractivity contribution is -0.131. The van der Waals surface area contributed by atoms with E-state index in [0.717, 1.165) is 73.9 Å². The molecule has 1 aromatic heterocycles. The van der Waals surface area contributed by atoms with Crippen LogP contribution in [0, 0.1) is 0 Å². The summed E-state index contributed by atoms with van der Waals surface area (Å²) >= 11 is 0. The van der Waals surface area contributed by atoms with Gasteiger partial charge in [0.2, 0.25) is 17.6 Å². The van der Waals surface area contributed by atoms with Gasteiger partial charge in [-0.05, 0) is 61.2 Å². The quantitative estimate of drug-likeness (QED) is 0.564. The minimum atomic E-state index is 0.222. The van der Waals surface area contributed by atoms with Crippen LogP contribution in [0.2, 0.25) is 0 Å². The Hall–Kier alpha value is -3.35. The van der Waals surface area contributed by atoms with E-state index in [4.69, 9.17) is 9.26 Å². The summed E-state index contributed by atoms with van der Waals surface area (Å²) in [6.45, 7) is 3.17. The summed E-state index contributed by atoms with van der Waals surface area (Å²) in [6.07, 6.45) is 3.59. The van der Waals surface area contributed by atoms with Crippen molar-refractivity contribution in [3.8, 4) is 17.1 Å². The van der Waals surface area contributed by atoms with Crippen LogP contribution in [0.3, 0.4) is 0 Å². The van der Waals surface area contributed by atoms with E-state index in [-0.39, 0.29) is 5.91 Å². The van der Waals surface area contributed by atoms with Crippen molar-refractivity contribution in [1.82, 2.24) is 15.0 Å². The molecule has 0 bridgehead atoms. The van der Waals surface area contributed by atoms with Crippen LogP contribution in [0.25, 0.3) is 11.4 Å². The molecule has 0 unspecified atom stereocenters. The highest BCUT2D eigenvalue weighted by Crippen LogP contribution is 2.39. The van der Waals surface area contributed by atoms with Crippen molar-refractivity contribution in [2.75, 3.05) is 38.2 Å². The van der Waals surface area contributed by atoms with Crippen molar-refractivity contribution in [2.45, 2.75) is 31.6 Å². The van der Waals surface area contributed by atoms with Gasteiger partial charge in [0.25, 0.3) is 0 Å². The molecule has 2 fully saturated rings. The minimum Gasteiger partial charge on any atom is -0.497 e. The largest absolute Gasteiger partial charge is 0.497 e. The second-order valence-electron chi connectivity index (χ2n) is 8.49. The molecule has 2 aliphatic rings. The first-order valence-corrected chi connectivity index (χ1v) is 11.3. The topological polar surface area (TPSA) is 71.7 Å². The van der Waals surface area contributed by atoms with Gasteiger partial charge in [0, 0.05) is 49.8 Å². The SMILES string of the molecule is COc1ccc(CCC(=O)N2CCN(c3ccc(-c4noc(C5CC5)n4)cc3)CC2)cc1. The van der Waals surface area contributed by atoms with E-state index in [1.54, 1.807) is 7.11 Å². The maximum absolute atomic E-state index is 12.7. The van der Waals surface area contributed by atoms with Crippen LogP contribution in [-0.2, 0) is 11.2 Å². The Morgan fingerprint density at radius 2 is 1.75 bits per heavy atom. The molecule has 1 aliphatic heterocycles. The molecule has 0 spiro atoms. The Balaban J connectivity index is 1.11. The minimum absolute atomic E-state index is 0.222. The molecule has 5 rings (SSSR count). The molecule has 32 heavy (non-hydrogen) atoms. The Morgan fingerprint density at radius 3 is 2.41 bits per heavy atom. The molecule has 1 aliphatic carbocycles. The van der Waals surface area contributed by atoms with Crippen molar-refractivity contribution >= 4 is 11.6 Å². The van der Waals surface area contributed by atoms with Gasteiger partial charge < -0.3 is 19.1 Å². The molecule has 0 atom stereocenters. The Kier molecular flexibility index (Phi) is 5.79. The number of aromatic nitrogens is 2. The second-order valence-corrected chi connectivity index (χ2v) is 8.49. The summed E-state index contributed by atoms with van der Waals surface area (Å²) in [6, 6.07) is 16.2. The van der Waals surface area contributed by atoms with Crippen LogP contribution in [-0.4, -0.2) is 54.2 Å². The fourth-order valence-corrected chi connectivity index (χ4v) is 4.09. The van der Waals surface area contributed by atoms with E-state index in [9.17, 15) is 4.79 Å². The lowest BCUT2D eigenvalue weighted by atomic mass is 10.1. The molecule has 7 nitrogen and oxygen atoms in total. The number of benzene rings is 2. The molecule has 1 saturated carbocycles. The van der Waals surface area contributed by atoms with E-state index in [2.05, 4.69) is 27.2 Å².